The van der Waals surface area contributed by atoms with Gasteiger partial charge in [0.25, 0.3) is 5.91 Å². The Morgan fingerprint density at radius 2 is 2.40 bits per heavy atom. The SMILES string of the molecule is CN(CC1CC(O)C1)C(=O)c1csc(-c2ccco2)n1. The molecule has 106 valence electrons. The van der Waals surface area contributed by atoms with Crippen LogP contribution in [0.15, 0.2) is 28.2 Å². The van der Waals surface area contributed by atoms with Gasteiger partial charge >= 0.3 is 0 Å². The minimum absolute atomic E-state index is 0.0829. The van der Waals surface area contributed by atoms with Crippen molar-refractivity contribution in [1.29, 1.82) is 0 Å². The second-order valence-corrected chi connectivity index (χ2v) is 6.05. The van der Waals surface area contributed by atoms with Gasteiger partial charge in [-0.05, 0) is 30.9 Å². The molecule has 20 heavy (non-hydrogen) atoms. The van der Waals surface area contributed by atoms with E-state index in [0.717, 1.165) is 12.8 Å². The molecule has 2 aromatic rings. The number of furan rings is 1. The van der Waals surface area contributed by atoms with Gasteiger partial charge in [-0.25, -0.2) is 4.98 Å². The molecule has 0 radical (unpaired) electrons. The Hall–Kier alpha value is -1.66. The highest BCUT2D eigenvalue weighted by atomic mass is 32.1. The number of hydrogen-bond donors (Lipinski definition) is 1. The van der Waals surface area contributed by atoms with Crippen LogP contribution in [0.4, 0.5) is 0 Å². The quantitative estimate of drug-likeness (QED) is 0.938. The maximum atomic E-state index is 12.3. The van der Waals surface area contributed by atoms with Gasteiger partial charge in [-0.2, -0.15) is 0 Å². The van der Waals surface area contributed by atoms with E-state index >= 15 is 0 Å². The third-order valence-corrected chi connectivity index (χ3v) is 4.40. The first-order chi connectivity index (χ1) is 9.63. The number of amides is 1. The minimum atomic E-state index is -0.187. The summed E-state index contributed by atoms with van der Waals surface area (Å²) in [6.45, 7) is 0.670. The van der Waals surface area contributed by atoms with Crippen LogP contribution >= 0.6 is 11.3 Å². The number of rotatable bonds is 4. The summed E-state index contributed by atoms with van der Waals surface area (Å²) >= 11 is 1.40. The molecule has 0 unspecified atom stereocenters. The van der Waals surface area contributed by atoms with Crippen LogP contribution in [-0.2, 0) is 0 Å². The second-order valence-electron chi connectivity index (χ2n) is 5.19. The summed E-state index contributed by atoms with van der Waals surface area (Å²) in [6, 6.07) is 3.62. The van der Waals surface area contributed by atoms with Gasteiger partial charge in [0.05, 0.1) is 12.4 Å². The molecule has 1 aliphatic rings. The Labute approximate surface area is 120 Å². The van der Waals surface area contributed by atoms with Crippen LogP contribution in [0.25, 0.3) is 10.8 Å². The first-order valence-electron chi connectivity index (χ1n) is 6.56. The molecule has 1 fully saturated rings. The number of thiazole rings is 1. The molecule has 6 heteroatoms. The average molecular weight is 292 g/mol. The van der Waals surface area contributed by atoms with Gasteiger partial charge < -0.3 is 14.4 Å². The summed E-state index contributed by atoms with van der Waals surface area (Å²) < 4.78 is 5.27. The van der Waals surface area contributed by atoms with E-state index in [0.29, 0.717) is 28.9 Å². The molecule has 1 aliphatic carbocycles. The molecule has 0 atom stereocenters. The molecule has 1 amide bonds. The van der Waals surface area contributed by atoms with Gasteiger partial charge in [0.2, 0.25) is 0 Å². The Balaban J connectivity index is 1.65. The summed E-state index contributed by atoms with van der Waals surface area (Å²) in [6.07, 6.45) is 2.97. The number of aliphatic hydroxyl groups is 1. The molecular weight excluding hydrogens is 276 g/mol. The summed E-state index contributed by atoms with van der Waals surface area (Å²) in [7, 11) is 1.78. The maximum absolute atomic E-state index is 12.3. The zero-order valence-corrected chi connectivity index (χ0v) is 12.0. The zero-order chi connectivity index (χ0) is 14.1. The van der Waals surface area contributed by atoms with Crippen molar-refractivity contribution in [2.45, 2.75) is 18.9 Å². The highest BCUT2D eigenvalue weighted by molar-refractivity contribution is 7.13. The van der Waals surface area contributed by atoms with Crippen molar-refractivity contribution in [3.8, 4) is 10.8 Å². The molecule has 0 saturated heterocycles. The predicted octanol–water partition coefficient (Wildman–Crippen LogP) is 2.25. The van der Waals surface area contributed by atoms with Crippen molar-refractivity contribution in [3.05, 3.63) is 29.5 Å². The average Bonchev–Trinajstić information content (AvgIpc) is 3.06. The molecule has 1 N–H and O–H groups in total. The van der Waals surface area contributed by atoms with Crippen LogP contribution < -0.4 is 0 Å². The highest BCUT2D eigenvalue weighted by Gasteiger charge is 2.29. The Kier molecular flexibility index (Phi) is 3.58. The fourth-order valence-electron chi connectivity index (χ4n) is 2.40. The van der Waals surface area contributed by atoms with Crippen LogP contribution in [0.3, 0.4) is 0 Å². The van der Waals surface area contributed by atoms with Crippen molar-refractivity contribution >= 4 is 17.2 Å². The Bertz CT molecular complexity index is 587. The molecule has 0 aromatic carbocycles. The number of aromatic nitrogens is 1. The largest absolute Gasteiger partial charge is 0.462 e. The van der Waals surface area contributed by atoms with Gasteiger partial charge in [0, 0.05) is 19.0 Å². The smallest absolute Gasteiger partial charge is 0.273 e. The van der Waals surface area contributed by atoms with E-state index in [1.807, 2.05) is 6.07 Å². The van der Waals surface area contributed by atoms with Gasteiger partial charge in [-0.3, -0.25) is 4.79 Å². The first-order valence-corrected chi connectivity index (χ1v) is 7.44. The number of aliphatic hydroxyl groups excluding tert-OH is 1. The predicted molar refractivity (Wildman–Crippen MR) is 75.5 cm³/mol. The first kappa shape index (κ1) is 13.3. The molecular formula is C14H16N2O3S. The molecule has 5 nitrogen and oxygen atoms in total. The van der Waals surface area contributed by atoms with E-state index in [-0.39, 0.29) is 12.0 Å². The summed E-state index contributed by atoms with van der Waals surface area (Å²) in [5.74, 6) is 1.00. The van der Waals surface area contributed by atoms with E-state index < -0.39 is 0 Å². The van der Waals surface area contributed by atoms with E-state index in [2.05, 4.69) is 4.98 Å². The third-order valence-electron chi connectivity index (χ3n) is 3.54. The lowest BCUT2D eigenvalue weighted by Gasteiger charge is -2.34. The number of carbonyl (C=O) groups excluding carboxylic acids is 1. The summed E-state index contributed by atoms with van der Waals surface area (Å²) in [5.41, 5.74) is 0.448. The normalized spacial score (nSPS) is 21.5. The second kappa shape index (κ2) is 5.38. The lowest BCUT2D eigenvalue weighted by molar-refractivity contribution is 0.0264. The lowest BCUT2D eigenvalue weighted by atomic mass is 9.82. The van der Waals surface area contributed by atoms with E-state index in [1.54, 1.807) is 29.7 Å². The van der Waals surface area contributed by atoms with Crippen molar-refractivity contribution < 1.29 is 14.3 Å². The van der Waals surface area contributed by atoms with Gasteiger partial charge in [0.1, 0.15) is 5.69 Å². The molecule has 0 aliphatic heterocycles. The molecule has 1 saturated carbocycles. The molecule has 0 bridgehead atoms. The molecule has 3 rings (SSSR count). The molecule has 2 heterocycles. The third kappa shape index (κ3) is 2.62. The minimum Gasteiger partial charge on any atom is -0.462 e. The summed E-state index contributed by atoms with van der Waals surface area (Å²) in [5, 5.41) is 11.7. The van der Waals surface area contributed by atoms with Crippen molar-refractivity contribution in [2.75, 3.05) is 13.6 Å². The number of nitrogens with zero attached hydrogens (tertiary/aromatic N) is 2. The van der Waals surface area contributed by atoms with E-state index in [1.165, 1.54) is 11.3 Å². The topological polar surface area (TPSA) is 66.6 Å². The van der Waals surface area contributed by atoms with Crippen LogP contribution in [0.5, 0.6) is 0 Å². The van der Waals surface area contributed by atoms with Crippen LogP contribution in [0, 0.1) is 5.92 Å². The fourth-order valence-corrected chi connectivity index (χ4v) is 3.16. The standard InChI is InChI=1S/C14H16N2O3S/c1-16(7-9-5-10(17)6-9)14(18)11-8-20-13(15-11)12-3-2-4-19-12/h2-4,8-10,17H,5-7H2,1H3. The number of carbonyl (C=O) groups is 1. The van der Waals surface area contributed by atoms with Crippen molar-refractivity contribution in [3.63, 3.8) is 0 Å². The zero-order valence-electron chi connectivity index (χ0n) is 11.2. The van der Waals surface area contributed by atoms with E-state index in [4.69, 9.17) is 4.42 Å². The van der Waals surface area contributed by atoms with Gasteiger partial charge in [-0.1, -0.05) is 0 Å². The number of hydrogen-bond acceptors (Lipinski definition) is 5. The Morgan fingerprint density at radius 1 is 1.60 bits per heavy atom. The maximum Gasteiger partial charge on any atom is 0.273 e. The summed E-state index contributed by atoms with van der Waals surface area (Å²) in [4.78, 5) is 18.3. The Morgan fingerprint density at radius 3 is 3.05 bits per heavy atom. The van der Waals surface area contributed by atoms with Crippen LogP contribution in [0.1, 0.15) is 23.3 Å². The van der Waals surface area contributed by atoms with Crippen molar-refractivity contribution in [2.24, 2.45) is 5.92 Å². The lowest BCUT2D eigenvalue weighted by Crippen LogP contribution is -2.39. The molecule has 2 aromatic heterocycles. The van der Waals surface area contributed by atoms with Crippen LogP contribution in [-0.4, -0.2) is 40.6 Å². The fraction of sp³-hybridized carbons (Fsp3) is 0.429. The van der Waals surface area contributed by atoms with Gasteiger partial charge in [-0.15, -0.1) is 11.3 Å². The highest BCUT2D eigenvalue weighted by Crippen LogP contribution is 2.28. The van der Waals surface area contributed by atoms with Gasteiger partial charge in [0.15, 0.2) is 10.8 Å². The van der Waals surface area contributed by atoms with Crippen molar-refractivity contribution in [1.82, 2.24) is 9.88 Å². The van der Waals surface area contributed by atoms with Crippen LogP contribution in [0.2, 0.25) is 0 Å². The monoisotopic (exact) mass is 292 g/mol. The molecule has 0 spiro atoms. The van der Waals surface area contributed by atoms with E-state index in [9.17, 15) is 9.90 Å².